The average Bonchev–Trinajstić information content (AvgIpc) is 2.37. The molecule has 0 atom stereocenters. The van der Waals surface area contributed by atoms with Gasteiger partial charge in [0.15, 0.2) is 10.2 Å². The zero-order valence-corrected chi connectivity index (χ0v) is 13.0. The van der Waals surface area contributed by atoms with Gasteiger partial charge < -0.3 is 10.6 Å². The normalized spacial score (nSPS) is 9.89. The van der Waals surface area contributed by atoms with Gasteiger partial charge in [-0.2, -0.15) is 0 Å². The Morgan fingerprint density at radius 2 is 1.63 bits per heavy atom. The van der Waals surface area contributed by atoms with Crippen molar-refractivity contribution in [2.75, 3.05) is 11.9 Å². The number of hydrogen-bond donors (Lipinski definition) is 4. The summed E-state index contributed by atoms with van der Waals surface area (Å²) in [5.41, 5.74) is 7.86. The predicted molar refractivity (Wildman–Crippen MR) is 89.3 cm³/mol. The fraction of sp³-hybridized carbons (Fsp3) is 0.385. The maximum absolute atomic E-state index is 5.15. The minimum Gasteiger partial charge on any atom is -0.362 e. The SMILES string of the molecule is CCNC(=S)NNC(=S)Nc1ccc(C(C)C)cc1. The summed E-state index contributed by atoms with van der Waals surface area (Å²) in [6.45, 7) is 7.08. The van der Waals surface area contributed by atoms with Gasteiger partial charge in [-0.25, -0.2) is 0 Å². The minimum absolute atomic E-state index is 0.470. The Morgan fingerprint density at radius 1 is 1.05 bits per heavy atom. The van der Waals surface area contributed by atoms with Gasteiger partial charge in [0.1, 0.15) is 0 Å². The summed E-state index contributed by atoms with van der Waals surface area (Å²) in [7, 11) is 0. The zero-order chi connectivity index (χ0) is 14.3. The molecule has 4 nitrogen and oxygen atoms in total. The van der Waals surface area contributed by atoms with Gasteiger partial charge in [0, 0.05) is 12.2 Å². The summed E-state index contributed by atoms with van der Waals surface area (Å²) in [6, 6.07) is 8.19. The first-order chi connectivity index (χ1) is 9.02. The van der Waals surface area contributed by atoms with Gasteiger partial charge in [0.05, 0.1) is 0 Å². The van der Waals surface area contributed by atoms with E-state index in [0.717, 1.165) is 12.2 Å². The molecule has 0 amide bonds. The smallest absolute Gasteiger partial charge is 0.189 e. The molecule has 0 spiro atoms. The van der Waals surface area contributed by atoms with E-state index in [1.54, 1.807) is 0 Å². The maximum Gasteiger partial charge on any atom is 0.189 e. The molecule has 0 saturated heterocycles. The highest BCUT2D eigenvalue weighted by atomic mass is 32.1. The molecule has 0 saturated carbocycles. The van der Waals surface area contributed by atoms with E-state index in [4.69, 9.17) is 24.4 Å². The second-order valence-corrected chi connectivity index (χ2v) is 5.16. The van der Waals surface area contributed by atoms with Crippen LogP contribution in [0.1, 0.15) is 32.3 Å². The average molecular weight is 296 g/mol. The Balaban J connectivity index is 2.42. The van der Waals surface area contributed by atoms with Crippen molar-refractivity contribution in [1.29, 1.82) is 0 Å². The molecular formula is C13H20N4S2. The van der Waals surface area contributed by atoms with E-state index < -0.39 is 0 Å². The molecule has 0 aliphatic rings. The first-order valence-corrected chi connectivity index (χ1v) is 7.05. The van der Waals surface area contributed by atoms with Crippen molar-refractivity contribution >= 4 is 40.3 Å². The molecule has 1 aromatic rings. The third-order valence-electron chi connectivity index (χ3n) is 2.46. The van der Waals surface area contributed by atoms with Crippen LogP contribution in [0.3, 0.4) is 0 Å². The van der Waals surface area contributed by atoms with E-state index in [1.165, 1.54) is 5.56 Å². The third-order valence-corrected chi connectivity index (χ3v) is 2.91. The lowest BCUT2D eigenvalue weighted by atomic mass is 10.0. The third kappa shape index (κ3) is 5.85. The first kappa shape index (κ1) is 15.7. The van der Waals surface area contributed by atoms with Gasteiger partial charge in [0.2, 0.25) is 0 Å². The number of thiocarbonyl (C=S) groups is 2. The standard InChI is InChI=1S/C13H20N4S2/c1-4-14-12(18)16-17-13(19)15-11-7-5-10(6-8-11)9(2)3/h5-9H,4H2,1-3H3,(H2,14,16,18)(H2,15,17,19). The molecule has 1 aromatic carbocycles. The molecule has 0 aliphatic carbocycles. The van der Waals surface area contributed by atoms with Gasteiger partial charge >= 0.3 is 0 Å². The second kappa shape index (κ2) is 7.91. The summed E-state index contributed by atoms with van der Waals surface area (Å²) in [5.74, 6) is 0.526. The highest BCUT2D eigenvalue weighted by Crippen LogP contribution is 2.16. The van der Waals surface area contributed by atoms with Crippen molar-refractivity contribution in [3.63, 3.8) is 0 Å². The molecule has 6 heteroatoms. The fourth-order valence-corrected chi connectivity index (χ4v) is 1.80. The Morgan fingerprint density at radius 3 is 2.16 bits per heavy atom. The maximum atomic E-state index is 5.15. The molecule has 0 fully saturated rings. The van der Waals surface area contributed by atoms with Gasteiger partial charge in [-0.1, -0.05) is 26.0 Å². The number of nitrogens with one attached hydrogen (secondary N) is 4. The van der Waals surface area contributed by atoms with Crippen LogP contribution in [0.25, 0.3) is 0 Å². The lowest BCUT2D eigenvalue weighted by Gasteiger charge is -2.14. The summed E-state index contributed by atoms with van der Waals surface area (Å²) >= 11 is 10.2. The number of rotatable bonds is 3. The van der Waals surface area contributed by atoms with Crippen LogP contribution in [0.2, 0.25) is 0 Å². The quantitative estimate of drug-likeness (QED) is 0.508. The molecule has 0 bridgehead atoms. The molecule has 0 radical (unpaired) electrons. The van der Waals surface area contributed by atoms with E-state index in [2.05, 4.69) is 47.5 Å². The van der Waals surface area contributed by atoms with Gasteiger partial charge in [0.25, 0.3) is 0 Å². The van der Waals surface area contributed by atoms with Crippen molar-refractivity contribution in [3.05, 3.63) is 29.8 Å². The topological polar surface area (TPSA) is 48.1 Å². The number of hydrazine groups is 1. The Bertz CT molecular complexity index is 429. The van der Waals surface area contributed by atoms with Crippen molar-refractivity contribution in [2.24, 2.45) is 0 Å². The van der Waals surface area contributed by atoms with Gasteiger partial charge in [-0.3, -0.25) is 10.9 Å². The molecular weight excluding hydrogens is 276 g/mol. The number of anilines is 1. The Labute approximate surface area is 125 Å². The van der Waals surface area contributed by atoms with Crippen molar-refractivity contribution in [2.45, 2.75) is 26.7 Å². The molecule has 0 aromatic heterocycles. The van der Waals surface area contributed by atoms with Crippen molar-refractivity contribution in [1.82, 2.24) is 16.2 Å². The van der Waals surface area contributed by atoms with Crippen LogP contribution in [0, 0.1) is 0 Å². The summed E-state index contributed by atoms with van der Waals surface area (Å²) in [5, 5.41) is 7.02. The highest BCUT2D eigenvalue weighted by molar-refractivity contribution is 7.80. The van der Waals surface area contributed by atoms with Crippen LogP contribution < -0.4 is 21.5 Å². The lowest BCUT2D eigenvalue weighted by Crippen LogP contribution is -2.48. The summed E-state index contributed by atoms with van der Waals surface area (Å²) in [6.07, 6.45) is 0. The Kier molecular flexibility index (Phi) is 6.52. The summed E-state index contributed by atoms with van der Waals surface area (Å²) in [4.78, 5) is 0. The monoisotopic (exact) mass is 296 g/mol. The predicted octanol–water partition coefficient (Wildman–Crippen LogP) is 2.50. The summed E-state index contributed by atoms with van der Waals surface area (Å²) < 4.78 is 0. The lowest BCUT2D eigenvalue weighted by molar-refractivity contribution is 0.825. The molecule has 0 heterocycles. The van der Waals surface area contributed by atoms with Crippen molar-refractivity contribution < 1.29 is 0 Å². The molecule has 0 unspecified atom stereocenters. The van der Waals surface area contributed by atoms with Crippen LogP contribution in [-0.4, -0.2) is 16.8 Å². The molecule has 1 rings (SSSR count). The van der Waals surface area contributed by atoms with Gasteiger partial charge in [-0.15, -0.1) is 0 Å². The molecule has 0 aliphatic heterocycles. The van der Waals surface area contributed by atoms with Crippen LogP contribution in [0.4, 0.5) is 5.69 Å². The largest absolute Gasteiger partial charge is 0.362 e. The van der Waals surface area contributed by atoms with Crippen LogP contribution >= 0.6 is 24.4 Å². The second-order valence-electron chi connectivity index (χ2n) is 4.34. The molecule has 4 N–H and O–H groups in total. The minimum atomic E-state index is 0.470. The van der Waals surface area contributed by atoms with E-state index in [1.807, 2.05) is 19.1 Å². The van der Waals surface area contributed by atoms with Crippen LogP contribution in [0.5, 0.6) is 0 Å². The molecule has 19 heavy (non-hydrogen) atoms. The van der Waals surface area contributed by atoms with E-state index in [-0.39, 0.29) is 0 Å². The highest BCUT2D eigenvalue weighted by Gasteiger charge is 2.01. The molecule has 104 valence electrons. The zero-order valence-electron chi connectivity index (χ0n) is 11.4. The van der Waals surface area contributed by atoms with Crippen LogP contribution in [-0.2, 0) is 0 Å². The van der Waals surface area contributed by atoms with E-state index in [9.17, 15) is 0 Å². The van der Waals surface area contributed by atoms with E-state index >= 15 is 0 Å². The number of benzene rings is 1. The van der Waals surface area contributed by atoms with Crippen molar-refractivity contribution in [3.8, 4) is 0 Å². The van der Waals surface area contributed by atoms with Gasteiger partial charge in [-0.05, 0) is 55.0 Å². The Hall–Kier alpha value is -1.40. The van der Waals surface area contributed by atoms with E-state index in [0.29, 0.717) is 16.1 Å². The number of hydrogen-bond acceptors (Lipinski definition) is 2. The fourth-order valence-electron chi connectivity index (χ4n) is 1.43. The first-order valence-electron chi connectivity index (χ1n) is 6.23. The van der Waals surface area contributed by atoms with Crippen LogP contribution in [0.15, 0.2) is 24.3 Å².